The average Bonchev–Trinajstić information content (AvgIpc) is 3.58. The van der Waals surface area contributed by atoms with E-state index in [1.807, 2.05) is 93.7 Å². The Bertz CT molecular complexity index is 2180. The molecule has 0 bridgehead atoms. The van der Waals surface area contributed by atoms with Gasteiger partial charge < -0.3 is 31.5 Å². The quantitative estimate of drug-likeness (QED) is 0.0623. The molecular formula is C50H63N7O7. The van der Waals surface area contributed by atoms with Crippen LogP contribution in [0.15, 0.2) is 103 Å². The van der Waals surface area contributed by atoms with Gasteiger partial charge in [-0.2, -0.15) is 0 Å². The van der Waals surface area contributed by atoms with E-state index in [2.05, 4.69) is 30.7 Å². The molecule has 0 spiro atoms. The van der Waals surface area contributed by atoms with E-state index < -0.39 is 47.6 Å². The molecule has 6 rings (SSSR count). The van der Waals surface area contributed by atoms with Crippen LogP contribution in [0.3, 0.4) is 0 Å². The van der Waals surface area contributed by atoms with Crippen LogP contribution in [-0.4, -0.2) is 106 Å². The molecular weight excluding hydrogens is 811 g/mol. The lowest BCUT2D eigenvalue weighted by atomic mass is 9.91. The number of hydrogen-bond donors (Lipinski definition) is 5. The first-order valence-electron chi connectivity index (χ1n) is 22.4. The van der Waals surface area contributed by atoms with Crippen molar-refractivity contribution in [1.29, 1.82) is 0 Å². The number of rotatable bonds is 20. The number of nitrogens with zero attached hydrogens (tertiary/aromatic N) is 3. The first-order valence-corrected chi connectivity index (χ1v) is 22.4. The second-order valence-electron chi connectivity index (χ2n) is 18.0. The van der Waals surface area contributed by atoms with Crippen LogP contribution in [0.25, 0.3) is 0 Å². The number of amides is 4. The summed E-state index contributed by atoms with van der Waals surface area (Å²) in [6, 6.07) is 26.3. The molecule has 14 heteroatoms. The van der Waals surface area contributed by atoms with Crippen LogP contribution in [0.1, 0.15) is 102 Å². The van der Waals surface area contributed by atoms with Gasteiger partial charge in [-0.25, -0.2) is 0 Å². The number of esters is 1. The average molecular weight is 874 g/mol. The molecule has 2 heterocycles. The number of benzene rings is 3. The van der Waals surface area contributed by atoms with Crippen LogP contribution in [0.5, 0.6) is 0 Å². The van der Waals surface area contributed by atoms with E-state index in [1.54, 1.807) is 18.3 Å². The normalized spacial score (nSPS) is 18.6. The van der Waals surface area contributed by atoms with E-state index in [0.717, 1.165) is 22.3 Å². The van der Waals surface area contributed by atoms with Gasteiger partial charge in [0.05, 0.1) is 12.1 Å². The Balaban J connectivity index is 1.16. The molecule has 1 aliphatic heterocycles. The first-order chi connectivity index (χ1) is 30.7. The van der Waals surface area contributed by atoms with Crippen molar-refractivity contribution in [2.45, 2.75) is 102 Å². The summed E-state index contributed by atoms with van der Waals surface area (Å²) in [4.78, 5) is 74.9. The molecule has 4 aromatic rings. The second kappa shape index (κ2) is 22.6. The standard InChI is InChI=1S/C50H63N7O7/c1-50(2,3)55-49(63)42-33-56(31-35-15-12-23-52-30-35)25-26-57(42)32-40(64-44(59)18-8-5-11-24-53-47(61)37-21-19-36(20-22-37)46(51)60)28-39(27-34-13-6-4-7-14-34)48(62)54-45-41-17-10-9-16-38(41)29-43(45)58/h4,6-7,9-10,12-17,19-23,30,39-40,42-43,45,58H,5,8,11,18,24-29,31-33H2,1-3H3,(H2,51,60)(H,53,61)(H,54,62)(H,55,63)/t39-,40+,42+,43-,45+/m1/s1. The van der Waals surface area contributed by atoms with Crippen LogP contribution < -0.4 is 21.7 Å². The smallest absolute Gasteiger partial charge is 0.306 e. The third-order valence-corrected chi connectivity index (χ3v) is 11.8. The molecule has 0 radical (unpaired) electrons. The molecule has 5 atom stereocenters. The SMILES string of the molecule is CC(C)(C)NC(=O)[C@@H]1CN(Cc2cccnc2)CCN1C[C@H](C[C@@H](Cc1ccccc1)C(=O)N[C@H]1c2ccccc2C[C@H]1O)OC(=O)CCCCCNC(=O)c1ccc(C(N)=O)cc1. The van der Waals surface area contributed by atoms with Gasteiger partial charge in [-0.3, -0.25) is 38.8 Å². The van der Waals surface area contributed by atoms with Gasteiger partial charge in [0.25, 0.3) is 5.91 Å². The summed E-state index contributed by atoms with van der Waals surface area (Å²) in [6.07, 6.45) is 4.97. The summed E-state index contributed by atoms with van der Waals surface area (Å²) in [6.45, 7) is 8.73. The minimum atomic E-state index is -0.777. The van der Waals surface area contributed by atoms with Crippen molar-refractivity contribution >= 4 is 29.6 Å². The summed E-state index contributed by atoms with van der Waals surface area (Å²) in [5.74, 6) is -2.26. The summed E-state index contributed by atoms with van der Waals surface area (Å²) >= 11 is 0. The Kier molecular flexibility index (Phi) is 16.8. The van der Waals surface area contributed by atoms with Crippen LogP contribution in [-0.2, 0) is 38.5 Å². The van der Waals surface area contributed by atoms with Crippen LogP contribution in [0.2, 0.25) is 0 Å². The van der Waals surface area contributed by atoms with Gasteiger partial charge in [-0.05, 0) is 99.0 Å². The minimum Gasteiger partial charge on any atom is -0.461 e. The van der Waals surface area contributed by atoms with E-state index in [4.69, 9.17) is 10.5 Å². The van der Waals surface area contributed by atoms with Gasteiger partial charge in [0.1, 0.15) is 12.1 Å². The van der Waals surface area contributed by atoms with Crippen molar-refractivity contribution < 1.29 is 33.8 Å². The fourth-order valence-corrected chi connectivity index (χ4v) is 8.54. The molecule has 340 valence electrons. The highest BCUT2D eigenvalue weighted by atomic mass is 16.5. The highest BCUT2D eigenvalue weighted by Gasteiger charge is 2.38. The number of ether oxygens (including phenoxy) is 1. The van der Waals surface area contributed by atoms with Gasteiger partial charge in [0.2, 0.25) is 17.7 Å². The maximum Gasteiger partial charge on any atom is 0.306 e. The van der Waals surface area contributed by atoms with Gasteiger partial charge in [-0.15, -0.1) is 0 Å². The number of primary amides is 1. The molecule has 64 heavy (non-hydrogen) atoms. The number of pyridine rings is 1. The zero-order chi connectivity index (χ0) is 45.6. The number of unbranched alkanes of at least 4 members (excludes halogenated alkanes) is 2. The highest BCUT2D eigenvalue weighted by Crippen LogP contribution is 2.32. The maximum atomic E-state index is 14.5. The van der Waals surface area contributed by atoms with Gasteiger partial charge >= 0.3 is 5.97 Å². The molecule has 0 unspecified atom stereocenters. The zero-order valence-electron chi connectivity index (χ0n) is 37.2. The number of hydrogen-bond acceptors (Lipinski definition) is 10. The number of nitrogens with one attached hydrogen (secondary N) is 3. The monoisotopic (exact) mass is 873 g/mol. The minimum absolute atomic E-state index is 0.129. The molecule has 2 aliphatic rings. The fourth-order valence-electron chi connectivity index (χ4n) is 8.54. The Morgan fingerprint density at radius 1 is 0.875 bits per heavy atom. The van der Waals surface area contributed by atoms with E-state index in [0.29, 0.717) is 76.0 Å². The molecule has 0 saturated carbocycles. The number of fused-ring (bicyclic) bond motifs is 1. The summed E-state index contributed by atoms with van der Waals surface area (Å²) in [7, 11) is 0. The third kappa shape index (κ3) is 14.0. The van der Waals surface area contributed by atoms with Gasteiger partial charge in [0.15, 0.2) is 0 Å². The Morgan fingerprint density at radius 3 is 2.31 bits per heavy atom. The van der Waals surface area contributed by atoms with Crippen molar-refractivity contribution in [2.75, 3.05) is 32.7 Å². The van der Waals surface area contributed by atoms with E-state index in [1.165, 1.54) is 12.1 Å². The number of carbonyl (C=O) groups excluding carboxylic acids is 5. The largest absolute Gasteiger partial charge is 0.461 e. The lowest BCUT2D eigenvalue weighted by molar-refractivity contribution is -0.153. The molecule has 1 fully saturated rings. The first kappa shape index (κ1) is 47.5. The molecule has 14 nitrogen and oxygen atoms in total. The fraction of sp³-hybridized carbons (Fsp3) is 0.440. The third-order valence-electron chi connectivity index (χ3n) is 11.8. The predicted octanol–water partition coefficient (Wildman–Crippen LogP) is 4.51. The summed E-state index contributed by atoms with van der Waals surface area (Å²) in [5.41, 5.74) is 9.43. The topological polar surface area (TPSA) is 196 Å². The van der Waals surface area contributed by atoms with Crippen molar-refractivity contribution in [1.82, 2.24) is 30.7 Å². The second-order valence-corrected chi connectivity index (χ2v) is 18.0. The van der Waals surface area contributed by atoms with Gasteiger partial charge in [-0.1, -0.05) is 67.1 Å². The molecule has 1 aliphatic carbocycles. The molecule has 6 N–H and O–H groups in total. The number of nitrogens with two attached hydrogens (primary N) is 1. The lowest BCUT2D eigenvalue weighted by Gasteiger charge is -2.42. The predicted molar refractivity (Wildman–Crippen MR) is 244 cm³/mol. The Labute approximate surface area is 376 Å². The number of aliphatic hydroxyl groups is 1. The molecule has 3 aromatic carbocycles. The van der Waals surface area contributed by atoms with Crippen molar-refractivity contribution in [3.05, 3.63) is 137 Å². The Morgan fingerprint density at radius 2 is 1.59 bits per heavy atom. The van der Waals surface area contributed by atoms with Crippen molar-refractivity contribution in [2.24, 2.45) is 11.7 Å². The Hall–Kier alpha value is -5.96. The highest BCUT2D eigenvalue weighted by molar-refractivity contribution is 5.97. The maximum absolute atomic E-state index is 14.5. The van der Waals surface area contributed by atoms with Crippen LogP contribution >= 0.6 is 0 Å². The number of aliphatic hydroxyl groups excluding tert-OH is 1. The molecule has 4 amide bonds. The number of aromatic nitrogens is 1. The molecule has 1 aromatic heterocycles. The van der Waals surface area contributed by atoms with Crippen molar-refractivity contribution in [3.8, 4) is 0 Å². The van der Waals surface area contributed by atoms with Crippen LogP contribution in [0, 0.1) is 5.92 Å². The number of carbonyl (C=O) groups is 5. The summed E-state index contributed by atoms with van der Waals surface area (Å²) < 4.78 is 6.33. The van der Waals surface area contributed by atoms with Gasteiger partial charge in [0, 0.05) is 87.1 Å². The zero-order valence-corrected chi connectivity index (χ0v) is 37.2. The summed E-state index contributed by atoms with van der Waals surface area (Å²) in [5, 5.41) is 20.3. The van der Waals surface area contributed by atoms with E-state index >= 15 is 0 Å². The van der Waals surface area contributed by atoms with E-state index in [9.17, 15) is 29.1 Å². The number of piperazine rings is 1. The lowest BCUT2D eigenvalue weighted by Crippen LogP contribution is -2.62. The van der Waals surface area contributed by atoms with Crippen molar-refractivity contribution in [3.63, 3.8) is 0 Å². The van der Waals surface area contributed by atoms with E-state index in [-0.39, 0.29) is 37.1 Å². The van der Waals surface area contributed by atoms with Crippen LogP contribution in [0.4, 0.5) is 0 Å². The molecule has 1 saturated heterocycles.